The van der Waals surface area contributed by atoms with Crippen LogP contribution in [0.3, 0.4) is 0 Å². The summed E-state index contributed by atoms with van der Waals surface area (Å²) in [6.07, 6.45) is 0. The maximum atomic E-state index is 11.2. The zero-order valence-electron chi connectivity index (χ0n) is 11.4. The third-order valence-electron chi connectivity index (χ3n) is 3.04. The third-order valence-corrected chi connectivity index (χ3v) is 4.49. The fourth-order valence-corrected chi connectivity index (χ4v) is 2.81. The van der Waals surface area contributed by atoms with Crippen molar-refractivity contribution in [2.45, 2.75) is 26.2 Å². The first kappa shape index (κ1) is 15.0. The van der Waals surface area contributed by atoms with E-state index in [4.69, 9.17) is 0 Å². The fraction of sp³-hybridized carbons (Fsp3) is 0.286. The smallest absolute Gasteiger partial charge is 0.315 e. The standard InChI is InChI=1S/C14H15BrN2O2S/c1-8-4-5-9(15)10(6-8)16-13-17-11(7-20-13)14(2,3)12(18)19/h4-7H,1-3H3,(H,16,17)(H,18,19). The van der Waals surface area contributed by atoms with E-state index >= 15 is 0 Å². The summed E-state index contributed by atoms with van der Waals surface area (Å²) in [5.41, 5.74) is 1.62. The van der Waals surface area contributed by atoms with E-state index in [0.29, 0.717) is 10.8 Å². The van der Waals surface area contributed by atoms with E-state index in [9.17, 15) is 9.90 Å². The molecular weight excluding hydrogens is 340 g/mol. The maximum absolute atomic E-state index is 11.2. The zero-order chi connectivity index (χ0) is 14.9. The number of nitrogens with one attached hydrogen (secondary N) is 1. The van der Waals surface area contributed by atoms with Crippen LogP contribution in [0.4, 0.5) is 10.8 Å². The predicted octanol–water partition coefficient (Wildman–Crippen LogP) is 4.32. The molecule has 0 radical (unpaired) electrons. The minimum Gasteiger partial charge on any atom is -0.481 e. The van der Waals surface area contributed by atoms with Crippen molar-refractivity contribution in [2.75, 3.05) is 5.32 Å². The topological polar surface area (TPSA) is 62.2 Å². The van der Waals surface area contributed by atoms with E-state index in [-0.39, 0.29) is 0 Å². The molecule has 2 rings (SSSR count). The Balaban J connectivity index is 2.26. The summed E-state index contributed by atoms with van der Waals surface area (Å²) in [4.78, 5) is 15.6. The Kier molecular flexibility index (Phi) is 4.15. The molecule has 6 heteroatoms. The van der Waals surface area contributed by atoms with Gasteiger partial charge in [0.2, 0.25) is 0 Å². The first-order chi connectivity index (χ1) is 9.30. The van der Waals surface area contributed by atoms with Crippen molar-refractivity contribution in [3.63, 3.8) is 0 Å². The van der Waals surface area contributed by atoms with Crippen LogP contribution < -0.4 is 5.32 Å². The number of aliphatic carboxylic acids is 1. The average Bonchev–Trinajstić information content (AvgIpc) is 2.83. The van der Waals surface area contributed by atoms with Gasteiger partial charge in [-0.05, 0) is 54.4 Å². The Morgan fingerprint density at radius 1 is 1.45 bits per heavy atom. The van der Waals surface area contributed by atoms with Crippen LogP contribution in [0, 0.1) is 6.92 Å². The van der Waals surface area contributed by atoms with Crippen molar-refractivity contribution in [1.29, 1.82) is 0 Å². The number of nitrogens with zero attached hydrogens (tertiary/aromatic N) is 1. The highest BCUT2D eigenvalue weighted by Crippen LogP contribution is 2.31. The monoisotopic (exact) mass is 354 g/mol. The van der Waals surface area contributed by atoms with Crippen molar-refractivity contribution < 1.29 is 9.90 Å². The Morgan fingerprint density at radius 3 is 2.80 bits per heavy atom. The van der Waals surface area contributed by atoms with Crippen LogP contribution in [0.5, 0.6) is 0 Å². The number of hydrogen-bond acceptors (Lipinski definition) is 4. The number of thiazole rings is 1. The van der Waals surface area contributed by atoms with Crippen LogP contribution in [-0.2, 0) is 10.2 Å². The highest BCUT2D eigenvalue weighted by molar-refractivity contribution is 9.10. The number of benzene rings is 1. The lowest BCUT2D eigenvalue weighted by Gasteiger charge is -2.15. The Bertz CT molecular complexity index is 652. The lowest BCUT2D eigenvalue weighted by atomic mass is 9.90. The Morgan fingerprint density at radius 2 is 2.15 bits per heavy atom. The van der Waals surface area contributed by atoms with Gasteiger partial charge in [0.1, 0.15) is 5.41 Å². The fourth-order valence-electron chi connectivity index (χ4n) is 1.58. The van der Waals surface area contributed by atoms with Gasteiger partial charge in [0.15, 0.2) is 5.13 Å². The summed E-state index contributed by atoms with van der Waals surface area (Å²) in [6, 6.07) is 5.98. The van der Waals surface area contributed by atoms with Crippen LogP contribution >= 0.6 is 27.3 Å². The molecule has 0 atom stereocenters. The lowest BCUT2D eigenvalue weighted by Crippen LogP contribution is -2.28. The van der Waals surface area contributed by atoms with Crippen LogP contribution in [0.15, 0.2) is 28.1 Å². The summed E-state index contributed by atoms with van der Waals surface area (Å²) in [6.45, 7) is 5.31. The number of hydrogen-bond donors (Lipinski definition) is 2. The first-order valence-corrected chi connectivity index (χ1v) is 7.70. The van der Waals surface area contributed by atoms with E-state index in [1.54, 1.807) is 19.2 Å². The Hall–Kier alpha value is -1.40. The molecule has 0 bridgehead atoms. The number of carbonyl (C=O) groups is 1. The van der Waals surface area contributed by atoms with Gasteiger partial charge in [-0.25, -0.2) is 4.98 Å². The van der Waals surface area contributed by atoms with Gasteiger partial charge in [-0.3, -0.25) is 4.79 Å². The summed E-state index contributed by atoms with van der Waals surface area (Å²) >= 11 is 4.87. The van der Waals surface area contributed by atoms with Gasteiger partial charge in [-0.1, -0.05) is 6.07 Å². The molecule has 0 saturated heterocycles. The number of aromatic nitrogens is 1. The van der Waals surface area contributed by atoms with Gasteiger partial charge >= 0.3 is 5.97 Å². The van der Waals surface area contributed by atoms with E-state index in [2.05, 4.69) is 26.2 Å². The maximum Gasteiger partial charge on any atom is 0.315 e. The molecule has 1 aromatic carbocycles. The van der Waals surface area contributed by atoms with Crippen LogP contribution in [0.2, 0.25) is 0 Å². The van der Waals surface area contributed by atoms with Crippen LogP contribution in [-0.4, -0.2) is 16.1 Å². The number of aryl methyl sites for hydroxylation is 1. The lowest BCUT2D eigenvalue weighted by molar-refractivity contribution is -0.142. The van der Waals surface area contributed by atoms with Crippen molar-refractivity contribution in [3.8, 4) is 0 Å². The van der Waals surface area contributed by atoms with Gasteiger partial charge in [0.25, 0.3) is 0 Å². The molecule has 0 fully saturated rings. The van der Waals surface area contributed by atoms with E-state index in [1.165, 1.54) is 11.3 Å². The second-order valence-electron chi connectivity index (χ2n) is 5.08. The number of anilines is 2. The van der Waals surface area contributed by atoms with Gasteiger partial charge in [0, 0.05) is 9.85 Å². The highest BCUT2D eigenvalue weighted by Gasteiger charge is 2.32. The second kappa shape index (κ2) is 5.54. The Labute approximate surface area is 130 Å². The van der Waals surface area contributed by atoms with Crippen molar-refractivity contribution >= 4 is 44.1 Å². The minimum absolute atomic E-state index is 0.557. The highest BCUT2D eigenvalue weighted by atomic mass is 79.9. The summed E-state index contributed by atoms with van der Waals surface area (Å²) in [5.74, 6) is -0.883. The van der Waals surface area contributed by atoms with Crippen molar-refractivity contribution in [3.05, 3.63) is 39.3 Å². The van der Waals surface area contributed by atoms with Gasteiger partial charge in [-0.15, -0.1) is 11.3 Å². The van der Waals surface area contributed by atoms with Gasteiger partial charge < -0.3 is 10.4 Å². The SMILES string of the molecule is Cc1ccc(Br)c(Nc2nc(C(C)(C)C(=O)O)cs2)c1. The normalized spacial score (nSPS) is 11.4. The second-order valence-corrected chi connectivity index (χ2v) is 6.79. The third kappa shape index (κ3) is 3.02. The predicted molar refractivity (Wildman–Crippen MR) is 84.9 cm³/mol. The van der Waals surface area contributed by atoms with Crippen LogP contribution in [0.25, 0.3) is 0 Å². The molecule has 0 aliphatic heterocycles. The molecule has 0 amide bonds. The average molecular weight is 355 g/mol. The van der Waals surface area contributed by atoms with Gasteiger partial charge in [0.05, 0.1) is 11.4 Å². The molecule has 2 aromatic rings. The summed E-state index contributed by atoms with van der Waals surface area (Å²) in [5, 5.41) is 14.9. The molecular formula is C14H15BrN2O2S. The molecule has 1 aromatic heterocycles. The first-order valence-electron chi connectivity index (χ1n) is 6.03. The van der Waals surface area contributed by atoms with E-state index in [0.717, 1.165) is 15.7 Å². The molecule has 2 N–H and O–H groups in total. The zero-order valence-corrected chi connectivity index (χ0v) is 13.8. The molecule has 0 aliphatic carbocycles. The molecule has 0 saturated carbocycles. The van der Waals surface area contributed by atoms with E-state index in [1.807, 2.05) is 25.1 Å². The van der Waals surface area contributed by atoms with Crippen molar-refractivity contribution in [1.82, 2.24) is 4.98 Å². The number of halogens is 1. The largest absolute Gasteiger partial charge is 0.481 e. The molecule has 0 unspecified atom stereocenters. The quantitative estimate of drug-likeness (QED) is 0.858. The molecule has 106 valence electrons. The number of carboxylic acid groups (broad SMARTS) is 1. The van der Waals surface area contributed by atoms with Crippen molar-refractivity contribution in [2.24, 2.45) is 0 Å². The van der Waals surface area contributed by atoms with Crippen LogP contribution in [0.1, 0.15) is 25.1 Å². The van der Waals surface area contributed by atoms with E-state index < -0.39 is 11.4 Å². The molecule has 20 heavy (non-hydrogen) atoms. The molecule has 1 heterocycles. The van der Waals surface area contributed by atoms with Gasteiger partial charge in [-0.2, -0.15) is 0 Å². The molecule has 0 spiro atoms. The molecule has 0 aliphatic rings. The number of rotatable bonds is 4. The number of carboxylic acids is 1. The summed E-state index contributed by atoms with van der Waals surface area (Å²) < 4.78 is 0.942. The summed E-state index contributed by atoms with van der Waals surface area (Å²) in [7, 11) is 0. The molecule has 4 nitrogen and oxygen atoms in total. The minimum atomic E-state index is -0.986.